The van der Waals surface area contributed by atoms with Crippen molar-refractivity contribution in [2.45, 2.75) is 64.0 Å². The molecule has 3 atom stereocenters. The Labute approximate surface area is 157 Å². The molecule has 3 fully saturated rings. The van der Waals surface area contributed by atoms with E-state index in [1.54, 1.807) is 13.8 Å². The Hall–Kier alpha value is -2.65. The van der Waals surface area contributed by atoms with E-state index in [0.717, 1.165) is 24.2 Å². The number of hydrogen-bond acceptors (Lipinski definition) is 5. The highest BCUT2D eigenvalue weighted by atomic mass is 16.2. The van der Waals surface area contributed by atoms with E-state index < -0.39 is 47.4 Å². The van der Waals surface area contributed by atoms with Crippen LogP contribution in [-0.2, 0) is 14.4 Å². The predicted molar refractivity (Wildman–Crippen MR) is 92.8 cm³/mol. The molecular formula is C17H25N5O5. The Morgan fingerprint density at radius 1 is 1.15 bits per heavy atom. The fraction of sp³-hybridized carbons (Fsp3) is 0.706. The van der Waals surface area contributed by atoms with Gasteiger partial charge in [0, 0.05) is 0 Å². The van der Waals surface area contributed by atoms with Crippen molar-refractivity contribution in [2.75, 3.05) is 6.54 Å². The van der Waals surface area contributed by atoms with Gasteiger partial charge in [0.1, 0.15) is 17.6 Å². The summed E-state index contributed by atoms with van der Waals surface area (Å²) in [5, 5.41) is 5.87. The van der Waals surface area contributed by atoms with E-state index in [-0.39, 0.29) is 5.92 Å². The Morgan fingerprint density at radius 2 is 1.85 bits per heavy atom. The van der Waals surface area contributed by atoms with Gasteiger partial charge in [-0.25, -0.2) is 9.59 Å². The zero-order chi connectivity index (χ0) is 20.0. The van der Waals surface area contributed by atoms with Crippen molar-refractivity contribution in [1.29, 1.82) is 0 Å². The summed E-state index contributed by atoms with van der Waals surface area (Å²) in [5.74, 6) is -1.82. The first-order valence-corrected chi connectivity index (χ1v) is 9.25. The molecule has 3 aliphatic rings. The normalized spacial score (nSPS) is 33.5. The molecule has 0 aromatic heterocycles. The maximum atomic E-state index is 12.9. The summed E-state index contributed by atoms with van der Waals surface area (Å²) in [7, 11) is 0. The first-order valence-electron chi connectivity index (χ1n) is 9.25. The lowest BCUT2D eigenvalue weighted by atomic mass is 9.73. The van der Waals surface area contributed by atoms with E-state index >= 15 is 0 Å². The van der Waals surface area contributed by atoms with Crippen molar-refractivity contribution < 1.29 is 24.0 Å². The third-order valence-electron chi connectivity index (χ3n) is 6.01. The Morgan fingerprint density at radius 3 is 2.44 bits per heavy atom. The van der Waals surface area contributed by atoms with Gasteiger partial charge in [-0.1, -0.05) is 26.7 Å². The molecule has 0 radical (unpaired) electrons. The maximum Gasteiger partial charge on any atom is 0.344 e. The van der Waals surface area contributed by atoms with Crippen LogP contribution in [0.5, 0.6) is 0 Å². The summed E-state index contributed by atoms with van der Waals surface area (Å²) in [6.07, 6.45) is 3.55. The van der Waals surface area contributed by atoms with Crippen molar-refractivity contribution in [3.63, 3.8) is 0 Å². The molecule has 1 aliphatic carbocycles. The van der Waals surface area contributed by atoms with E-state index in [4.69, 9.17) is 0 Å². The van der Waals surface area contributed by atoms with E-state index in [2.05, 4.69) is 16.1 Å². The number of nitrogens with zero attached hydrogens (tertiary/aromatic N) is 2. The van der Waals surface area contributed by atoms with Crippen LogP contribution >= 0.6 is 0 Å². The maximum absolute atomic E-state index is 12.9. The molecule has 0 unspecified atom stereocenters. The van der Waals surface area contributed by atoms with Gasteiger partial charge in [0.15, 0.2) is 0 Å². The van der Waals surface area contributed by atoms with Gasteiger partial charge in [-0.05, 0) is 32.1 Å². The molecule has 3 rings (SSSR count). The summed E-state index contributed by atoms with van der Waals surface area (Å²) in [5.41, 5.74) is 0.146. The lowest BCUT2D eigenvalue weighted by molar-refractivity contribution is -0.141. The van der Waals surface area contributed by atoms with Crippen molar-refractivity contribution >= 4 is 29.8 Å². The highest BCUT2D eigenvalue weighted by Crippen LogP contribution is 2.38. The highest BCUT2D eigenvalue weighted by Gasteiger charge is 2.55. The Kier molecular flexibility index (Phi) is 4.61. The summed E-state index contributed by atoms with van der Waals surface area (Å²) in [6, 6.07) is -1.37. The summed E-state index contributed by atoms with van der Waals surface area (Å²) in [6.45, 7) is 4.66. The van der Waals surface area contributed by atoms with E-state index in [0.29, 0.717) is 17.9 Å². The number of imide groups is 2. The lowest BCUT2D eigenvalue weighted by Crippen LogP contribution is -2.55. The number of hydrogen-bond donors (Lipinski definition) is 3. The molecule has 7 amide bonds. The van der Waals surface area contributed by atoms with Crippen LogP contribution in [0.25, 0.3) is 0 Å². The molecule has 10 heteroatoms. The van der Waals surface area contributed by atoms with Crippen LogP contribution < -0.4 is 16.1 Å². The summed E-state index contributed by atoms with van der Waals surface area (Å²) >= 11 is 0. The van der Waals surface area contributed by atoms with Crippen molar-refractivity contribution in [3.05, 3.63) is 0 Å². The molecule has 3 N–H and O–H groups in total. The van der Waals surface area contributed by atoms with Crippen molar-refractivity contribution in [3.8, 4) is 0 Å². The average Bonchev–Trinajstić information content (AvgIpc) is 2.98. The van der Waals surface area contributed by atoms with Gasteiger partial charge in [-0.2, -0.15) is 5.01 Å². The number of carbonyl (C=O) groups is 5. The minimum absolute atomic E-state index is 0.0213. The molecule has 0 aromatic carbocycles. The third-order valence-corrected chi connectivity index (χ3v) is 6.01. The van der Waals surface area contributed by atoms with Crippen LogP contribution in [0.1, 0.15) is 52.9 Å². The minimum atomic E-state index is -1.09. The van der Waals surface area contributed by atoms with Gasteiger partial charge in [0.05, 0.1) is 0 Å². The number of hydrazine groups is 1. The standard InChI is InChI=1S/C17H25N5O5/c1-4-16(3)12(24)22(15(27)18-16)20-11(23)9-21-13(25)17(19-14(21)26)8-6-5-7-10(17)2/h10H,4-9H2,1-3H3,(H,18,27)(H,19,26)(H,20,23)/t10-,16-,17-/m0/s1. The lowest BCUT2D eigenvalue weighted by Gasteiger charge is -2.36. The number of amides is 7. The molecule has 10 nitrogen and oxygen atoms in total. The van der Waals surface area contributed by atoms with Gasteiger partial charge < -0.3 is 10.6 Å². The molecule has 2 aliphatic heterocycles. The monoisotopic (exact) mass is 379 g/mol. The van der Waals surface area contributed by atoms with E-state index in [1.165, 1.54) is 0 Å². The van der Waals surface area contributed by atoms with Crippen LogP contribution in [0.4, 0.5) is 9.59 Å². The second-order valence-corrected chi connectivity index (χ2v) is 7.73. The van der Waals surface area contributed by atoms with Crippen LogP contribution in [0.2, 0.25) is 0 Å². The fourth-order valence-corrected chi connectivity index (χ4v) is 3.97. The largest absolute Gasteiger partial charge is 0.344 e. The molecule has 2 heterocycles. The molecule has 2 saturated heterocycles. The quantitative estimate of drug-likeness (QED) is 0.603. The SMILES string of the molecule is CC[C@]1(C)NC(=O)N(NC(=O)CN2C(=O)N[C@]3(CCCC[C@@H]3C)C2=O)C1=O. The molecule has 27 heavy (non-hydrogen) atoms. The number of nitrogens with one attached hydrogen (secondary N) is 3. The van der Waals surface area contributed by atoms with Gasteiger partial charge in [-0.15, -0.1) is 0 Å². The average molecular weight is 379 g/mol. The first-order chi connectivity index (χ1) is 12.6. The van der Waals surface area contributed by atoms with Crippen LogP contribution in [-0.4, -0.2) is 57.3 Å². The van der Waals surface area contributed by atoms with Crippen LogP contribution in [0, 0.1) is 5.92 Å². The second-order valence-electron chi connectivity index (χ2n) is 7.73. The summed E-state index contributed by atoms with van der Waals surface area (Å²) < 4.78 is 0. The number of rotatable bonds is 4. The Bertz CT molecular complexity index is 725. The number of urea groups is 2. The predicted octanol–water partition coefficient (Wildman–Crippen LogP) is 0.239. The van der Waals surface area contributed by atoms with Gasteiger partial charge >= 0.3 is 12.1 Å². The van der Waals surface area contributed by atoms with E-state index in [9.17, 15) is 24.0 Å². The fourth-order valence-electron chi connectivity index (χ4n) is 3.97. The van der Waals surface area contributed by atoms with Gasteiger partial charge in [0.2, 0.25) is 0 Å². The zero-order valence-corrected chi connectivity index (χ0v) is 15.8. The molecule has 1 spiro atoms. The topological polar surface area (TPSA) is 128 Å². The molecular weight excluding hydrogens is 354 g/mol. The number of carbonyl (C=O) groups excluding carboxylic acids is 5. The Balaban J connectivity index is 1.68. The van der Waals surface area contributed by atoms with Crippen LogP contribution in [0.3, 0.4) is 0 Å². The van der Waals surface area contributed by atoms with Gasteiger partial charge in [0.25, 0.3) is 17.7 Å². The van der Waals surface area contributed by atoms with E-state index in [1.807, 2.05) is 6.92 Å². The zero-order valence-electron chi connectivity index (χ0n) is 15.8. The van der Waals surface area contributed by atoms with Gasteiger partial charge in [-0.3, -0.25) is 24.7 Å². The minimum Gasteiger partial charge on any atom is -0.323 e. The molecule has 0 bridgehead atoms. The molecule has 1 saturated carbocycles. The molecule has 0 aromatic rings. The molecule has 148 valence electrons. The van der Waals surface area contributed by atoms with Crippen molar-refractivity contribution in [2.24, 2.45) is 5.92 Å². The third kappa shape index (κ3) is 2.92. The van der Waals surface area contributed by atoms with Crippen molar-refractivity contribution in [1.82, 2.24) is 26.0 Å². The second kappa shape index (κ2) is 6.50. The first kappa shape index (κ1) is 19.1. The smallest absolute Gasteiger partial charge is 0.323 e. The highest BCUT2D eigenvalue weighted by molar-refractivity contribution is 6.10. The van der Waals surface area contributed by atoms with Crippen LogP contribution in [0.15, 0.2) is 0 Å². The summed E-state index contributed by atoms with van der Waals surface area (Å²) in [4.78, 5) is 62.6.